The SMILES string of the molecule is C1CCNCC1.CC.COC(C)=O.FC(F)(F)c1ccccc1. The van der Waals surface area contributed by atoms with Crippen molar-refractivity contribution >= 4 is 5.97 Å². The second-order valence-electron chi connectivity index (χ2n) is 4.37. The summed E-state index contributed by atoms with van der Waals surface area (Å²) in [6.07, 6.45) is 0.00819. The van der Waals surface area contributed by atoms with E-state index in [1.165, 1.54) is 58.5 Å². The Bertz CT molecular complexity index is 366. The monoisotopic (exact) mass is 335 g/mol. The van der Waals surface area contributed by atoms with Gasteiger partial charge in [-0.1, -0.05) is 50.6 Å². The van der Waals surface area contributed by atoms with Gasteiger partial charge in [0.2, 0.25) is 0 Å². The minimum Gasteiger partial charge on any atom is -0.469 e. The van der Waals surface area contributed by atoms with E-state index in [1.807, 2.05) is 13.8 Å². The number of alkyl halides is 3. The molecule has 1 fully saturated rings. The molecule has 0 amide bonds. The smallest absolute Gasteiger partial charge is 0.416 e. The summed E-state index contributed by atoms with van der Waals surface area (Å²) >= 11 is 0. The third kappa shape index (κ3) is 16.6. The standard InChI is InChI=1S/C7H5F3.C5H11N.C3H6O2.C2H6/c8-7(9,10)6-4-2-1-3-5-6;1-2-4-6-5-3-1;1-3(4)5-2;1-2/h1-5H;6H,1-5H2;1-2H3;1-2H3. The number of hydrogen-bond acceptors (Lipinski definition) is 3. The highest BCUT2D eigenvalue weighted by molar-refractivity contribution is 5.65. The number of halogens is 3. The van der Waals surface area contributed by atoms with Gasteiger partial charge in [-0.15, -0.1) is 0 Å². The number of methoxy groups -OCH3 is 1. The largest absolute Gasteiger partial charge is 0.469 e. The molecule has 0 atom stereocenters. The summed E-state index contributed by atoms with van der Waals surface area (Å²) in [5.41, 5.74) is -0.602. The summed E-state index contributed by atoms with van der Waals surface area (Å²) in [5, 5.41) is 3.28. The first-order valence-electron chi connectivity index (χ1n) is 7.75. The van der Waals surface area contributed by atoms with Gasteiger partial charge in [0.25, 0.3) is 0 Å². The molecule has 1 aromatic rings. The van der Waals surface area contributed by atoms with Crippen LogP contribution in [0.3, 0.4) is 0 Å². The predicted octanol–water partition coefficient (Wildman–Crippen LogP) is 4.67. The highest BCUT2D eigenvalue weighted by atomic mass is 19.4. The molecule has 6 heteroatoms. The van der Waals surface area contributed by atoms with E-state index in [-0.39, 0.29) is 5.97 Å². The normalized spacial score (nSPS) is 13.0. The van der Waals surface area contributed by atoms with Crippen LogP contribution >= 0.6 is 0 Å². The van der Waals surface area contributed by atoms with E-state index in [4.69, 9.17) is 0 Å². The fraction of sp³-hybridized carbons (Fsp3) is 0.588. The van der Waals surface area contributed by atoms with Gasteiger partial charge in [0.1, 0.15) is 0 Å². The Morgan fingerprint density at radius 3 is 1.65 bits per heavy atom. The van der Waals surface area contributed by atoms with E-state index in [0.717, 1.165) is 12.1 Å². The van der Waals surface area contributed by atoms with Gasteiger partial charge in [0.05, 0.1) is 12.7 Å². The fourth-order valence-electron chi connectivity index (χ4n) is 1.43. The van der Waals surface area contributed by atoms with E-state index in [9.17, 15) is 18.0 Å². The summed E-state index contributed by atoms with van der Waals surface area (Å²) in [6.45, 7) is 7.86. The summed E-state index contributed by atoms with van der Waals surface area (Å²) in [6, 6.07) is 6.36. The first-order valence-corrected chi connectivity index (χ1v) is 7.75. The molecule has 1 saturated heterocycles. The maximum absolute atomic E-state index is 11.8. The second kappa shape index (κ2) is 15.3. The minimum absolute atomic E-state index is 0.245. The number of rotatable bonds is 0. The maximum atomic E-state index is 11.8. The van der Waals surface area contributed by atoms with Crippen LogP contribution in [0, 0.1) is 0 Å². The van der Waals surface area contributed by atoms with Crippen LogP contribution in [0.2, 0.25) is 0 Å². The van der Waals surface area contributed by atoms with Crippen LogP contribution in [-0.2, 0) is 15.7 Å². The molecule has 0 unspecified atom stereocenters. The molecule has 3 nitrogen and oxygen atoms in total. The van der Waals surface area contributed by atoms with Gasteiger partial charge in [-0.3, -0.25) is 4.79 Å². The Balaban J connectivity index is 0. The Labute approximate surface area is 137 Å². The number of carbonyl (C=O) groups excluding carboxylic acids is 1. The van der Waals surface area contributed by atoms with Crippen molar-refractivity contribution in [3.8, 4) is 0 Å². The molecule has 0 saturated carbocycles. The minimum atomic E-state index is -4.21. The molecule has 134 valence electrons. The van der Waals surface area contributed by atoms with Gasteiger partial charge in [-0.25, -0.2) is 0 Å². The molecule has 2 rings (SSSR count). The van der Waals surface area contributed by atoms with Crippen LogP contribution in [0.15, 0.2) is 30.3 Å². The molecule has 1 N–H and O–H groups in total. The molecule has 0 bridgehead atoms. The van der Waals surface area contributed by atoms with E-state index in [2.05, 4.69) is 10.1 Å². The average Bonchev–Trinajstić information content (AvgIpc) is 2.59. The average molecular weight is 335 g/mol. The molecule has 1 aromatic carbocycles. The molecule has 1 heterocycles. The summed E-state index contributed by atoms with van der Waals surface area (Å²) in [4.78, 5) is 9.59. The second-order valence-corrected chi connectivity index (χ2v) is 4.37. The zero-order chi connectivity index (χ0) is 18.1. The van der Waals surface area contributed by atoms with Crippen LogP contribution in [0.4, 0.5) is 13.2 Å². The third-order valence-corrected chi connectivity index (χ3v) is 2.60. The van der Waals surface area contributed by atoms with Gasteiger partial charge >= 0.3 is 12.1 Å². The molecule has 0 spiro atoms. The van der Waals surface area contributed by atoms with Crippen molar-refractivity contribution < 1.29 is 22.7 Å². The van der Waals surface area contributed by atoms with Crippen LogP contribution in [0.25, 0.3) is 0 Å². The molecular weight excluding hydrogens is 307 g/mol. The first kappa shape index (κ1) is 23.7. The van der Waals surface area contributed by atoms with Crippen LogP contribution in [0.5, 0.6) is 0 Å². The number of esters is 1. The van der Waals surface area contributed by atoms with Gasteiger partial charge in [-0.05, 0) is 25.9 Å². The Morgan fingerprint density at radius 2 is 1.48 bits per heavy atom. The molecule has 1 aliphatic rings. The molecule has 0 aromatic heterocycles. The summed E-state index contributed by atoms with van der Waals surface area (Å²) in [5.74, 6) is -0.245. The quantitative estimate of drug-likeness (QED) is 0.700. The molecule has 1 aliphatic heterocycles. The van der Waals surface area contributed by atoms with Gasteiger partial charge in [0, 0.05) is 6.92 Å². The molecule has 0 radical (unpaired) electrons. The number of ether oxygens (including phenoxy) is 1. The van der Waals surface area contributed by atoms with Crippen molar-refractivity contribution in [3.63, 3.8) is 0 Å². The lowest BCUT2D eigenvalue weighted by molar-refractivity contribution is -0.138. The highest BCUT2D eigenvalue weighted by Gasteiger charge is 2.29. The third-order valence-electron chi connectivity index (χ3n) is 2.60. The number of benzene rings is 1. The van der Waals surface area contributed by atoms with Crippen LogP contribution < -0.4 is 5.32 Å². The lowest BCUT2D eigenvalue weighted by Crippen LogP contribution is -2.21. The summed E-state index contributed by atoms with van der Waals surface area (Å²) < 4.78 is 39.5. The van der Waals surface area contributed by atoms with Crippen molar-refractivity contribution in [3.05, 3.63) is 35.9 Å². The zero-order valence-corrected chi connectivity index (χ0v) is 14.4. The van der Waals surface area contributed by atoms with E-state index in [1.54, 1.807) is 6.07 Å². The lowest BCUT2D eigenvalue weighted by atomic mass is 10.2. The maximum Gasteiger partial charge on any atom is 0.416 e. The number of nitrogens with one attached hydrogen (secondary N) is 1. The molecule has 23 heavy (non-hydrogen) atoms. The highest BCUT2D eigenvalue weighted by Crippen LogP contribution is 2.28. The van der Waals surface area contributed by atoms with Gasteiger partial charge in [-0.2, -0.15) is 13.2 Å². The van der Waals surface area contributed by atoms with Gasteiger partial charge < -0.3 is 10.1 Å². The zero-order valence-electron chi connectivity index (χ0n) is 14.4. The molecule has 0 aliphatic carbocycles. The Morgan fingerprint density at radius 1 is 1.04 bits per heavy atom. The number of carbonyl (C=O) groups is 1. The first-order chi connectivity index (χ1) is 10.9. The van der Waals surface area contributed by atoms with E-state index in [0.29, 0.717) is 0 Å². The summed E-state index contributed by atoms with van der Waals surface area (Å²) in [7, 11) is 1.35. The Hall–Kier alpha value is -1.56. The van der Waals surface area contributed by atoms with Crippen molar-refractivity contribution in [2.45, 2.75) is 46.2 Å². The van der Waals surface area contributed by atoms with Crippen LogP contribution in [-0.4, -0.2) is 26.2 Å². The van der Waals surface area contributed by atoms with E-state index < -0.39 is 11.7 Å². The Kier molecular flexibility index (Phi) is 15.8. The predicted molar refractivity (Wildman–Crippen MR) is 87.2 cm³/mol. The van der Waals surface area contributed by atoms with Crippen molar-refractivity contribution in [1.29, 1.82) is 0 Å². The van der Waals surface area contributed by atoms with Crippen molar-refractivity contribution in [2.24, 2.45) is 0 Å². The van der Waals surface area contributed by atoms with Gasteiger partial charge in [0.15, 0.2) is 0 Å². The van der Waals surface area contributed by atoms with E-state index >= 15 is 0 Å². The van der Waals surface area contributed by atoms with Crippen LogP contribution in [0.1, 0.15) is 45.6 Å². The lowest BCUT2D eigenvalue weighted by Gasteiger charge is -2.08. The van der Waals surface area contributed by atoms with Crippen molar-refractivity contribution in [2.75, 3.05) is 20.2 Å². The number of hydrogen-bond donors (Lipinski definition) is 1. The van der Waals surface area contributed by atoms with Crippen molar-refractivity contribution in [1.82, 2.24) is 5.32 Å². The topological polar surface area (TPSA) is 38.3 Å². The molecular formula is C17H28F3NO2. The fourth-order valence-corrected chi connectivity index (χ4v) is 1.43. The number of piperidine rings is 1.